The van der Waals surface area contributed by atoms with Crippen molar-refractivity contribution in [1.82, 2.24) is 25.4 Å². The summed E-state index contributed by atoms with van der Waals surface area (Å²) in [5.41, 5.74) is 7.46. The van der Waals surface area contributed by atoms with Crippen molar-refractivity contribution in [2.45, 2.75) is 30.1 Å². The molecule has 0 saturated heterocycles. The van der Waals surface area contributed by atoms with Crippen LogP contribution in [0.15, 0.2) is 46.8 Å². The SMILES string of the molecule is COC(=O)C1=C(CSc2n[nH]c(N)n2)N(C2CC2)C(=O)NC1c1ccccc1. The number of amides is 2. The first-order valence-corrected chi connectivity index (χ1v) is 9.83. The Bertz CT molecular complexity index is 924. The van der Waals surface area contributed by atoms with Crippen LogP contribution in [0, 0.1) is 0 Å². The molecule has 9 nitrogen and oxygen atoms in total. The summed E-state index contributed by atoms with van der Waals surface area (Å²) in [6, 6.07) is 8.67. The van der Waals surface area contributed by atoms with Crippen LogP contribution in [0.1, 0.15) is 24.4 Å². The van der Waals surface area contributed by atoms with Crippen molar-refractivity contribution < 1.29 is 14.3 Å². The van der Waals surface area contributed by atoms with Crippen molar-refractivity contribution in [3.8, 4) is 0 Å². The van der Waals surface area contributed by atoms with Gasteiger partial charge in [-0.1, -0.05) is 42.1 Å². The Kier molecular flexibility index (Phi) is 4.95. The molecule has 4 N–H and O–H groups in total. The number of urea groups is 1. The van der Waals surface area contributed by atoms with Crippen LogP contribution in [-0.2, 0) is 9.53 Å². The third kappa shape index (κ3) is 3.55. The van der Waals surface area contributed by atoms with Gasteiger partial charge in [0.15, 0.2) is 0 Å². The molecule has 1 atom stereocenters. The van der Waals surface area contributed by atoms with E-state index in [-0.39, 0.29) is 18.0 Å². The van der Waals surface area contributed by atoms with Gasteiger partial charge in [-0.2, -0.15) is 4.98 Å². The summed E-state index contributed by atoms with van der Waals surface area (Å²) in [7, 11) is 1.34. The molecule has 1 aliphatic carbocycles. The second-order valence-electron chi connectivity index (χ2n) is 6.54. The summed E-state index contributed by atoms with van der Waals surface area (Å²) in [6.45, 7) is 0. The number of anilines is 1. The topological polar surface area (TPSA) is 126 Å². The maximum Gasteiger partial charge on any atom is 0.338 e. The van der Waals surface area contributed by atoms with E-state index in [0.29, 0.717) is 22.2 Å². The van der Waals surface area contributed by atoms with E-state index in [4.69, 9.17) is 10.5 Å². The average molecular weight is 400 g/mol. The van der Waals surface area contributed by atoms with Gasteiger partial charge in [-0.25, -0.2) is 14.7 Å². The van der Waals surface area contributed by atoms with Gasteiger partial charge in [-0.15, -0.1) is 5.10 Å². The number of hydrogen-bond acceptors (Lipinski definition) is 7. The molecule has 2 amide bonds. The minimum absolute atomic E-state index is 0.0872. The fourth-order valence-electron chi connectivity index (χ4n) is 3.25. The molecule has 2 aliphatic rings. The molecule has 146 valence electrons. The van der Waals surface area contributed by atoms with Crippen molar-refractivity contribution in [2.75, 3.05) is 18.6 Å². The lowest BCUT2D eigenvalue weighted by Crippen LogP contribution is -2.50. The van der Waals surface area contributed by atoms with Crippen LogP contribution in [0.2, 0.25) is 0 Å². The minimum Gasteiger partial charge on any atom is -0.466 e. The number of aromatic nitrogens is 3. The average Bonchev–Trinajstić information content (AvgIpc) is 3.46. The zero-order chi connectivity index (χ0) is 19.7. The number of hydrogen-bond donors (Lipinski definition) is 3. The molecule has 0 spiro atoms. The zero-order valence-electron chi connectivity index (χ0n) is 15.2. The number of H-pyrrole nitrogens is 1. The predicted octanol–water partition coefficient (Wildman–Crippen LogP) is 1.83. The first-order chi connectivity index (χ1) is 13.6. The van der Waals surface area contributed by atoms with Crippen molar-refractivity contribution >= 4 is 29.7 Å². The van der Waals surface area contributed by atoms with Crippen molar-refractivity contribution in [3.63, 3.8) is 0 Å². The number of ether oxygens (including phenoxy) is 1. The standard InChI is InChI=1S/C18H20N6O3S/c1-27-15(25)13-12(9-28-17-21-16(19)22-23-17)24(11-7-8-11)18(26)20-14(13)10-5-3-2-4-6-10/h2-6,11,14H,7-9H2,1H3,(H,20,26)(H3,19,21,22,23). The fourth-order valence-corrected chi connectivity index (χ4v) is 4.08. The predicted molar refractivity (Wildman–Crippen MR) is 103 cm³/mol. The van der Waals surface area contributed by atoms with Crippen LogP contribution < -0.4 is 11.1 Å². The van der Waals surface area contributed by atoms with E-state index in [9.17, 15) is 9.59 Å². The normalized spacial score (nSPS) is 19.5. The molecule has 1 unspecified atom stereocenters. The number of nitrogens with zero attached hydrogens (tertiary/aromatic N) is 3. The summed E-state index contributed by atoms with van der Waals surface area (Å²) in [5.74, 6) is 0.0893. The number of nitrogens with two attached hydrogens (primary N) is 1. The largest absolute Gasteiger partial charge is 0.466 e. The third-order valence-corrected chi connectivity index (χ3v) is 5.51. The number of nitrogen functional groups attached to an aromatic ring is 1. The third-order valence-electron chi connectivity index (χ3n) is 4.65. The Morgan fingerprint density at radius 3 is 2.71 bits per heavy atom. The Morgan fingerprint density at radius 2 is 2.11 bits per heavy atom. The van der Waals surface area contributed by atoms with Gasteiger partial charge in [0.25, 0.3) is 0 Å². The highest BCUT2D eigenvalue weighted by Gasteiger charge is 2.43. The minimum atomic E-state index is -0.580. The molecule has 1 fully saturated rings. The van der Waals surface area contributed by atoms with E-state index in [1.165, 1.54) is 18.9 Å². The number of carbonyl (C=O) groups excluding carboxylic acids is 2. The lowest BCUT2D eigenvalue weighted by atomic mass is 9.95. The van der Waals surface area contributed by atoms with Gasteiger partial charge in [-0.3, -0.25) is 4.90 Å². The number of nitrogens with one attached hydrogen (secondary N) is 2. The van der Waals surface area contributed by atoms with E-state index in [0.717, 1.165) is 18.4 Å². The lowest BCUT2D eigenvalue weighted by Gasteiger charge is -2.36. The summed E-state index contributed by atoms with van der Waals surface area (Å²) in [4.78, 5) is 31.4. The molecule has 1 aromatic heterocycles. The Labute approximate surface area is 165 Å². The first-order valence-electron chi connectivity index (χ1n) is 8.85. The monoisotopic (exact) mass is 400 g/mol. The number of esters is 1. The van der Waals surface area contributed by atoms with E-state index in [2.05, 4.69) is 20.5 Å². The Balaban J connectivity index is 1.76. The van der Waals surface area contributed by atoms with Crippen molar-refractivity contribution in [3.05, 3.63) is 47.2 Å². The highest BCUT2D eigenvalue weighted by atomic mass is 32.2. The molecular weight excluding hydrogens is 380 g/mol. The van der Waals surface area contributed by atoms with Gasteiger partial charge in [0, 0.05) is 17.5 Å². The molecule has 0 radical (unpaired) electrons. The number of benzene rings is 1. The second kappa shape index (κ2) is 7.55. The van der Waals surface area contributed by atoms with Gasteiger partial charge in [0.05, 0.1) is 18.7 Å². The van der Waals surface area contributed by atoms with Gasteiger partial charge in [-0.05, 0) is 18.4 Å². The van der Waals surface area contributed by atoms with Gasteiger partial charge >= 0.3 is 12.0 Å². The Morgan fingerprint density at radius 1 is 1.36 bits per heavy atom. The number of rotatable bonds is 6. The molecular formula is C18H20N6O3S. The van der Waals surface area contributed by atoms with E-state index < -0.39 is 12.0 Å². The first kappa shape index (κ1) is 18.4. The smallest absolute Gasteiger partial charge is 0.338 e. The summed E-state index contributed by atoms with van der Waals surface area (Å²) >= 11 is 1.31. The summed E-state index contributed by atoms with van der Waals surface area (Å²) in [6.07, 6.45) is 1.80. The number of methoxy groups -OCH3 is 1. The summed E-state index contributed by atoms with van der Waals surface area (Å²) < 4.78 is 5.07. The molecule has 2 heterocycles. The highest BCUT2D eigenvalue weighted by Crippen LogP contribution is 2.39. The Hall–Kier alpha value is -3.01. The van der Waals surface area contributed by atoms with Gasteiger partial charge in [0.1, 0.15) is 0 Å². The molecule has 28 heavy (non-hydrogen) atoms. The van der Waals surface area contributed by atoms with Crippen LogP contribution in [0.5, 0.6) is 0 Å². The molecule has 10 heteroatoms. The molecule has 4 rings (SSSR count). The van der Waals surface area contributed by atoms with E-state index in [1.807, 2.05) is 30.3 Å². The summed E-state index contributed by atoms with van der Waals surface area (Å²) in [5, 5.41) is 10.0. The van der Waals surface area contributed by atoms with Crippen LogP contribution in [0.4, 0.5) is 10.7 Å². The van der Waals surface area contributed by atoms with Crippen LogP contribution in [-0.4, -0.2) is 51.0 Å². The maximum atomic E-state index is 12.9. The molecule has 1 aliphatic heterocycles. The molecule has 1 saturated carbocycles. The molecule has 2 aromatic rings. The van der Waals surface area contributed by atoms with Crippen LogP contribution in [0.3, 0.4) is 0 Å². The number of aromatic amines is 1. The lowest BCUT2D eigenvalue weighted by molar-refractivity contribution is -0.136. The van der Waals surface area contributed by atoms with Gasteiger partial charge in [0.2, 0.25) is 11.1 Å². The molecule has 0 bridgehead atoms. The van der Waals surface area contributed by atoms with Crippen LogP contribution in [0.25, 0.3) is 0 Å². The second-order valence-corrected chi connectivity index (χ2v) is 7.48. The van der Waals surface area contributed by atoms with E-state index >= 15 is 0 Å². The maximum absolute atomic E-state index is 12.9. The number of thioether (sulfide) groups is 1. The quantitative estimate of drug-likeness (QED) is 0.499. The van der Waals surface area contributed by atoms with Crippen molar-refractivity contribution in [2.24, 2.45) is 0 Å². The highest BCUT2D eigenvalue weighted by molar-refractivity contribution is 7.99. The fraction of sp³-hybridized carbons (Fsp3) is 0.333. The number of carbonyl (C=O) groups is 2. The van der Waals surface area contributed by atoms with Crippen molar-refractivity contribution in [1.29, 1.82) is 0 Å². The van der Waals surface area contributed by atoms with Gasteiger partial charge < -0.3 is 15.8 Å². The molecule has 1 aromatic carbocycles. The van der Waals surface area contributed by atoms with E-state index in [1.54, 1.807) is 4.90 Å². The van der Waals surface area contributed by atoms with Crippen LogP contribution >= 0.6 is 11.8 Å². The zero-order valence-corrected chi connectivity index (χ0v) is 16.0.